The van der Waals surface area contributed by atoms with Gasteiger partial charge in [-0.05, 0) is 32.4 Å². The number of nitrogens with one attached hydrogen (secondary N) is 1. The van der Waals surface area contributed by atoms with Crippen molar-refractivity contribution in [3.05, 3.63) is 68.6 Å². The van der Waals surface area contributed by atoms with Crippen LogP contribution in [0.15, 0.2) is 41.2 Å². The van der Waals surface area contributed by atoms with Gasteiger partial charge in [0.15, 0.2) is 0 Å². The van der Waals surface area contributed by atoms with Gasteiger partial charge in [-0.1, -0.05) is 29.8 Å². The number of hydrogen-bond acceptors (Lipinski definition) is 5. The second-order valence-electron chi connectivity index (χ2n) is 6.44. The second kappa shape index (κ2) is 8.26. The maximum Gasteiger partial charge on any atom is 0.266 e. The molecule has 0 aliphatic carbocycles. The highest BCUT2D eigenvalue weighted by Gasteiger charge is 2.11. The normalized spacial score (nSPS) is 10.8. The molecule has 0 radical (unpaired) electrons. The Labute approximate surface area is 161 Å². The SMILES string of the molecule is Cc1cccc(CC(=O)NCCn2nc(-c3sc(C)nc3C)ccc2=O)c1. The molecule has 1 N–H and O–H groups in total. The summed E-state index contributed by atoms with van der Waals surface area (Å²) in [6.07, 6.45) is 0.323. The maximum atomic E-state index is 12.1. The van der Waals surface area contributed by atoms with Crippen LogP contribution in [0.2, 0.25) is 0 Å². The van der Waals surface area contributed by atoms with Crippen LogP contribution in [0.5, 0.6) is 0 Å². The lowest BCUT2D eigenvalue weighted by atomic mass is 10.1. The van der Waals surface area contributed by atoms with E-state index >= 15 is 0 Å². The Balaban J connectivity index is 1.62. The Bertz CT molecular complexity index is 1020. The molecule has 3 aromatic rings. The third-order valence-electron chi connectivity index (χ3n) is 4.10. The lowest BCUT2D eigenvalue weighted by Crippen LogP contribution is -2.32. The van der Waals surface area contributed by atoms with Crippen LogP contribution in [-0.2, 0) is 17.8 Å². The summed E-state index contributed by atoms with van der Waals surface area (Å²) in [5, 5.41) is 8.25. The van der Waals surface area contributed by atoms with Gasteiger partial charge < -0.3 is 5.32 Å². The Hall–Kier alpha value is -2.80. The first-order valence-corrected chi connectivity index (χ1v) is 9.59. The van der Waals surface area contributed by atoms with Crippen molar-refractivity contribution in [3.8, 4) is 10.6 Å². The summed E-state index contributed by atoms with van der Waals surface area (Å²) in [6.45, 7) is 6.55. The van der Waals surface area contributed by atoms with Gasteiger partial charge >= 0.3 is 0 Å². The molecule has 0 aliphatic rings. The first kappa shape index (κ1) is 19.0. The minimum Gasteiger partial charge on any atom is -0.354 e. The second-order valence-corrected chi connectivity index (χ2v) is 7.65. The summed E-state index contributed by atoms with van der Waals surface area (Å²) >= 11 is 1.55. The molecule has 1 amide bonds. The van der Waals surface area contributed by atoms with Crippen LogP contribution in [0.1, 0.15) is 21.8 Å². The number of carbonyl (C=O) groups is 1. The van der Waals surface area contributed by atoms with Crippen molar-refractivity contribution >= 4 is 17.2 Å². The van der Waals surface area contributed by atoms with Crippen molar-refractivity contribution in [3.63, 3.8) is 0 Å². The predicted molar refractivity (Wildman–Crippen MR) is 107 cm³/mol. The topological polar surface area (TPSA) is 76.9 Å². The molecule has 2 aromatic heterocycles. The van der Waals surface area contributed by atoms with Gasteiger partial charge in [0.2, 0.25) is 5.91 Å². The first-order valence-electron chi connectivity index (χ1n) is 8.77. The van der Waals surface area contributed by atoms with E-state index in [0.29, 0.717) is 19.5 Å². The average Bonchev–Trinajstić information content (AvgIpc) is 2.95. The molecular formula is C20H22N4O2S. The summed E-state index contributed by atoms with van der Waals surface area (Å²) in [5.41, 5.74) is 3.54. The number of amides is 1. The van der Waals surface area contributed by atoms with Crippen LogP contribution >= 0.6 is 11.3 Å². The quantitative estimate of drug-likeness (QED) is 0.711. The van der Waals surface area contributed by atoms with E-state index in [-0.39, 0.29) is 11.5 Å². The molecule has 0 fully saturated rings. The fourth-order valence-electron chi connectivity index (χ4n) is 2.87. The fourth-order valence-corrected chi connectivity index (χ4v) is 3.76. The number of carbonyl (C=O) groups excluding carboxylic acids is 1. The predicted octanol–water partition coefficient (Wildman–Crippen LogP) is 2.65. The Morgan fingerprint density at radius 3 is 2.70 bits per heavy atom. The van der Waals surface area contributed by atoms with Crippen molar-refractivity contribution in [1.29, 1.82) is 0 Å². The third-order valence-corrected chi connectivity index (χ3v) is 5.19. The molecule has 0 bridgehead atoms. The van der Waals surface area contributed by atoms with Gasteiger partial charge in [0.05, 0.1) is 28.5 Å². The van der Waals surface area contributed by atoms with Crippen LogP contribution in [0.25, 0.3) is 10.6 Å². The third kappa shape index (κ3) is 4.89. The number of aryl methyl sites for hydroxylation is 3. The van der Waals surface area contributed by atoms with Crippen LogP contribution in [0, 0.1) is 20.8 Å². The highest BCUT2D eigenvalue weighted by Crippen LogP contribution is 2.27. The standard InChI is InChI=1S/C20H22N4O2S/c1-13-5-4-6-16(11-13)12-18(25)21-9-10-24-19(26)8-7-17(23-24)20-14(2)22-15(3)27-20/h4-8,11H,9-10,12H2,1-3H3,(H,21,25). The van der Waals surface area contributed by atoms with Crippen LogP contribution in [-0.4, -0.2) is 27.2 Å². The number of thiazole rings is 1. The number of rotatable bonds is 6. The molecule has 0 unspecified atom stereocenters. The molecule has 1 aromatic carbocycles. The highest BCUT2D eigenvalue weighted by atomic mass is 32.1. The van der Waals surface area contributed by atoms with Crippen molar-refractivity contribution in [2.24, 2.45) is 0 Å². The van der Waals surface area contributed by atoms with Gasteiger partial charge in [-0.25, -0.2) is 9.67 Å². The summed E-state index contributed by atoms with van der Waals surface area (Å²) in [5.74, 6) is -0.0706. The number of nitrogens with zero attached hydrogens (tertiary/aromatic N) is 3. The summed E-state index contributed by atoms with van der Waals surface area (Å²) in [6, 6.07) is 11.1. The molecule has 0 spiro atoms. The van der Waals surface area contributed by atoms with Gasteiger partial charge in [-0.3, -0.25) is 9.59 Å². The summed E-state index contributed by atoms with van der Waals surface area (Å²) in [4.78, 5) is 29.5. The zero-order valence-electron chi connectivity index (χ0n) is 15.7. The smallest absolute Gasteiger partial charge is 0.266 e. The Morgan fingerprint density at radius 1 is 1.19 bits per heavy atom. The average molecular weight is 382 g/mol. The van der Waals surface area contributed by atoms with Gasteiger partial charge in [0.25, 0.3) is 5.56 Å². The summed E-state index contributed by atoms with van der Waals surface area (Å²) in [7, 11) is 0. The van der Waals surface area contributed by atoms with Crippen molar-refractivity contribution in [2.75, 3.05) is 6.54 Å². The molecule has 27 heavy (non-hydrogen) atoms. The van der Waals surface area contributed by atoms with Crippen molar-refractivity contribution in [2.45, 2.75) is 33.7 Å². The minimum atomic E-state index is -0.189. The van der Waals surface area contributed by atoms with E-state index in [2.05, 4.69) is 15.4 Å². The minimum absolute atomic E-state index is 0.0706. The lowest BCUT2D eigenvalue weighted by Gasteiger charge is -2.08. The van der Waals surface area contributed by atoms with E-state index in [1.165, 1.54) is 10.7 Å². The molecule has 0 atom stereocenters. The molecule has 0 saturated heterocycles. The van der Waals surface area contributed by atoms with E-state index in [9.17, 15) is 9.59 Å². The molecular weight excluding hydrogens is 360 g/mol. The zero-order valence-corrected chi connectivity index (χ0v) is 16.5. The largest absolute Gasteiger partial charge is 0.354 e. The highest BCUT2D eigenvalue weighted by molar-refractivity contribution is 7.15. The first-order chi connectivity index (χ1) is 12.9. The van der Waals surface area contributed by atoms with E-state index in [0.717, 1.165) is 32.4 Å². The summed E-state index contributed by atoms with van der Waals surface area (Å²) < 4.78 is 1.39. The van der Waals surface area contributed by atoms with Crippen LogP contribution < -0.4 is 10.9 Å². The van der Waals surface area contributed by atoms with Crippen LogP contribution in [0.3, 0.4) is 0 Å². The molecule has 3 rings (SSSR count). The lowest BCUT2D eigenvalue weighted by molar-refractivity contribution is -0.120. The molecule has 6 nitrogen and oxygen atoms in total. The van der Waals surface area contributed by atoms with E-state index < -0.39 is 0 Å². The van der Waals surface area contributed by atoms with Gasteiger partial charge in [-0.2, -0.15) is 5.10 Å². The Kier molecular flexibility index (Phi) is 5.81. The fraction of sp³-hybridized carbons (Fsp3) is 0.300. The molecule has 0 aliphatic heterocycles. The number of hydrogen-bond donors (Lipinski definition) is 1. The van der Waals surface area contributed by atoms with E-state index in [1.807, 2.05) is 45.0 Å². The molecule has 140 valence electrons. The van der Waals surface area contributed by atoms with Crippen molar-refractivity contribution in [1.82, 2.24) is 20.1 Å². The van der Waals surface area contributed by atoms with Gasteiger partial charge in [-0.15, -0.1) is 11.3 Å². The van der Waals surface area contributed by atoms with Gasteiger partial charge in [0, 0.05) is 12.6 Å². The zero-order chi connectivity index (χ0) is 19.4. The molecule has 2 heterocycles. The van der Waals surface area contributed by atoms with Crippen LogP contribution in [0.4, 0.5) is 0 Å². The monoisotopic (exact) mass is 382 g/mol. The Morgan fingerprint density at radius 2 is 2.00 bits per heavy atom. The number of aromatic nitrogens is 3. The maximum absolute atomic E-state index is 12.1. The van der Waals surface area contributed by atoms with Gasteiger partial charge in [0.1, 0.15) is 5.69 Å². The number of benzene rings is 1. The van der Waals surface area contributed by atoms with E-state index in [4.69, 9.17) is 0 Å². The van der Waals surface area contributed by atoms with Crippen molar-refractivity contribution < 1.29 is 4.79 Å². The van der Waals surface area contributed by atoms with E-state index in [1.54, 1.807) is 17.4 Å². The molecule has 0 saturated carbocycles. The molecule has 7 heteroatoms.